The molecule has 4 nitrogen and oxygen atoms in total. The number of aromatic nitrogens is 2. The van der Waals surface area contributed by atoms with Crippen LogP contribution < -0.4 is 27.3 Å². The molecule has 0 amide bonds. The molecule has 0 atom stereocenters. The van der Waals surface area contributed by atoms with Crippen molar-refractivity contribution in [2.45, 2.75) is 6.54 Å². The summed E-state index contributed by atoms with van der Waals surface area (Å²) >= 11 is 17.9. The first-order chi connectivity index (χ1) is 11.9. The molecular weight excluding hydrogens is 460 g/mol. The number of nitrogens with zero attached hydrogens (tertiary/aromatic N) is 2. The molecule has 0 spiro atoms. The summed E-state index contributed by atoms with van der Waals surface area (Å²) in [6, 6.07) is 12.1. The minimum atomic E-state index is -0.0559. The fourth-order valence-electron chi connectivity index (χ4n) is 2.55. The van der Waals surface area contributed by atoms with Gasteiger partial charge in [-0.1, -0.05) is 34.8 Å². The van der Waals surface area contributed by atoms with E-state index in [9.17, 15) is 4.79 Å². The second-order valence-corrected chi connectivity index (χ2v) is 6.87. The van der Waals surface area contributed by atoms with Crippen molar-refractivity contribution >= 4 is 46.5 Å². The van der Waals surface area contributed by atoms with Crippen molar-refractivity contribution in [3.05, 3.63) is 69.3 Å². The Bertz CT molecular complexity index is 955. The van der Waals surface area contributed by atoms with Crippen molar-refractivity contribution in [1.82, 2.24) is 4.57 Å². The van der Waals surface area contributed by atoms with E-state index in [0.717, 1.165) is 11.3 Å². The number of nitrogen functional groups attached to an aromatic ring is 1. The Balaban J connectivity index is 0.00000243. The molecule has 8 heteroatoms. The van der Waals surface area contributed by atoms with Gasteiger partial charge in [0, 0.05) is 16.1 Å². The molecule has 2 aromatic carbocycles. The van der Waals surface area contributed by atoms with Crippen LogP contribution >= 0.6 is 34.8 Å². The summed E-state index contributed by atoms with van der Waals surface area (Å²) in [6.07, 6.45) is 1.82. The van der Waals surface area contributed by atoms with Crippen LogP contribution in [0.25, 0.3) is 11.3 Å². The second-order valence-electron chi connectivity index (χ2n) is 5.62. The number of benzene rings is 2. The van der Waals surface area contributed by atoms with E-state index in [4.69, 9.17) is 40.5 Å². The Labute approximate surface area is 176 Å². The summed E-state index contributed by atoms with van der Waals surface area (Å²) < 4.78 is 3.50. The molecule has 2 N–H and O–H groups in total. The zero-order valence-corrected chi connectivity index (χ0v) is 17.6. The number of hydrogen-bond donors (Lipinski definition) is 1. The van der Waals surface area contributed by atoms with E-state index >= 15 is 0 Å². The summed E-state index contributed by atoms with van der Waals surface area (Å²) in [7, 11) is 1.83. The van der Waals surface area contributed by atoms with Gasteiger partial charge in [0.05, 0.1) is 17.1 Å². The van der Waals surface area contributed by atoms with Gasteiger partial charge in [0.1, 0.15) is 18.4 Å². The average Bonchev–Trinajstić information content (AvgIpc) is 2.86. The number of nitrogens with two attached hydrogens (primary N) is 1. The first kappa shape index (κ1) is 20.8. The predicted molar refractivity (Wildman–Crippen MR) is 101 cm³/mol. The van der Waals surface area contributed by atoms with Crippen molar-refractivity contribution in [2.75, 3.05) is 5.73 Å². The third kappa shape index (κ3) is 4.23. The molecule has 1 heterocycles. The van der Waals surface area contributed by atoms with Gasteiger partial charge in [-0.2, -0.15) is 0 Å². The Morgan fingerprint density at radius 1 is 1.08 bits per heavy atom. The van der Waals surface area contributed by atoms with Gasteiger partial charge in [0.2, 0.25) is 0 Å². The zero-order chi connectivity index (χ0) is 18.1. The maximum absolute atomic E-state index is 12.5. The van der Waals surface area contributed by atoms with Gasteiger partial charge >= 0.3 is 5.95 Å². The molecule has 0 aliphatic carbocycles. The number of anilines is 1. The molecule has 3 rings (SSSR count). The standard InChI is InChI=1S/C18H14Cl3N3O.BrH/c1-23-16(12-4-7-14(20)15(21)8-12)9-24(18(23)22)10-17(25)11-2-5-13(19)6-3-11;/h2-9,22H,10H2,1H3;1H. The normalized spacial score (nSPS) is 10.5. The average molecular weight is 476 g/mol. The lowest BCUT2D eigenvalue weighted by Crippen LogP contribution is -3.00. The van der Waals surface area contributed by atoms with E-state index in [1.807, 2.05) is 19.3 Å². The van der Waals surface area contributed by atoms with E-state index < -0.39 is 0 Å². The maximum Gasteiger partial charge on any atom is 0.355 e. The molecule has 0 aliphatic rings. The number of rotatable bonds is 4. The molecule has 26 heavy (non-hydrogen) atoms. The lowest BCUT2D eigenvalue weighted by atomic mass is 10.1. The third-order valence-corrected chi connectivity index (χ3v) is 4.96. The van der Waals surface area contributed by atoms with Gasteiger partial charge in [-0.25, -0.2) is 9.13 Å². The van der Waals surface area contributed by atoms with Crippen molar-refractivity contribution in [2.24, 2.45) is 7.05 Å². The van der Waals surface area contributed by atoms with Crippen LogP contribution in [0.15, 0.2) is 48.7 Å². The van der Waals surface area contributed by atoms with Gasteiger partial charge in [0.25, 0.3) is 0 Å². The van der Waals surface area contributed by atoms with Gasteiger partial charge in [-0.15, -0.1) is 0 Å². The van der Waals surface area contributed by atoms with Crippen LogP contribution in [0.4, 0.5) is 5.95 Å². The van der Waals surface area contributed by atoms with Crippen LogP contribution in [-0.4, -0.2) is 10.4 Å². The number of imidazole rings is 1. The van der Waals surface area contributed by atoms with Gasteiger partial charge in [0.15, 0.2) is 5.78 Å². The number of halogens is 4. The topological polar surface area (TPSA) is 51.9 Å². The number of ketones is 1. The van der Waals surface area contributed by atoms with E-state index in [1.54, 1.807) is 45.5 Å². The molecule has 0 fully saturated rings. The highest BCUT2D eigenvalue weighted by molar-refractivity contribution is 6.42. The zero-order valence-electron chi connectivity index (χ0n) is 13.7. The summed E-state index contributed by atoms with van der Waals surface area (Å²) in [4.78, 5) is 12.5. The SMILES string of the molecule is Cn1c(-c2ccc(Cl)c(Cl)c2)c[n+](CC(=O)c2ccc(Cl)cc2)c1N.[Br-]. The van der Waals surface area contributed by atoms with Gasteiger partial charge in [-0.3, -0.25) is 10.5 Å². The summed E-state index contributed by atoms with van der Waals surface area (Å²) in [5.41, 5.74) is 8.43. The van der Waals surface area contributed by atoms with Crippen LogP contribution in [0, 0.1) is 0 Å². The van der Waals surface area contributed by atoms with Crippen molar-refractivity contribution in [3.8, 4) is 11.3 Å². The van der Waals surface area contributed by atoms with Crippen LogP contribution in [0.3, 0.4) is 0 Å². The Morgan fingerprint density at radius 2 is 1.73 bits per heavy atom. The van der Waals surface area contributed by atoms with Crippen molar-refractivity contribution in [1.29, 1.82) is 0 Å². The molecule has 0 bridgehead atoms. The fourth-order valence-corrected chi connectivity index (χ4v) is 2.97. The van der Waals surface area contributed by atoms with E-state index in [0.29, 0.717) is 26.6 Å². The number of carbonyl (C=O) groups is 1. The quantitative estimate of drug-likeness (QED) is 0.458. The van der Waals surface area contributed by atoms with Crippen LogP contribution in [0.2, 0.25) is 15.1 Å². The summed E-state index contributed by atoms with van der Waals surface area (Å²) in [5, 5.41) is 1.53. The molecule has 3 aromatic rings. The minimum absolute atomic E-state index is 0. The van der Waals surface area contributed by atoms with Gasteiger partial charge < -0.3 is 17.0 Å². The number of carbonyl (C=O) groups excluding carboxylic acids is 1. The Morgan fingerprint density at radius 3 is 2.35 bits per heavy atom. The smallest absolute Gasteiger partial charge is 0.355 e. The highest BCUT2D eigenvalue weighted by Crippen LogP contribution is 2.28. The summed E-state index contributed by atoms with van der Waals surface area (Å²) in [6.45, 7) is 0.128. The highest BCUT2D eigenvalue weighted by Gasteiger charge is 2.20. The minimum Gasteiger partial charge on any atom is -1.00 e. The van der Waals surface area contributed by atoms with E-state index in [-0.39, 0.29) is 29.3 Å². The number of hydrogen-bond acceptors (Lipinski definition) is 2. The maximum atomic E-state index is 12.5. The first-order valence-corrected chi connectivity index (χ1v) is 8.59. The second kappa shape index (κ2) is 8.44. The van der Waals surface area contributed by atoms with E-state index in [2.05, 4.69) is 0 Å². The molecular formula is C18H15BrCl3N3O. The first-order valence-electron chi connectivity index (χ1n) is 7.45. The van der Waals surface area contributed by atoms with Crippen LogP contribution in [0.1, 0.15) is 10.4 Å². The Hall–Kier alpha value is -1.53. The summed E-state index contributed by atoms with van der Waals surface area (Å²) in [5.74, 6) is 0.406. The monoisotopic (exact) mass is 473 g/mol. The molecule has 1 aromatic heterocycles. The largest absolute Gasteiger partial charge is 1.00 e. The molecule has 0 saturated heterocycles. The lowest BCUT2D eigenvalue weighted by molar-refractivity contribution is -0.667. The molecule has 0 radical (unpaired) electrons. The predicted octanol–water partition coefficient (Wildman–Crippen LogP) is 1.41. The molecule has 0 aliphatic heterocycles. The van der Waals surface area contributed by atoms with E-state index in [1.165, 1.54) is 0 Å². The fraction of sp³-hybridized carbons (Fsp3) is 0.111. The molecule has 0 unspecified atom stereocenters. The van der Waals surface area contributed by atoms with Crippen molar-refractivity contribution in [3.63, 3.8) is 0 Å². The Kier molecular flexibility index (Phi) is 6.74. The third-order valence-electron chi connectivity index (χ3n) is 3.97. The lowest BCUT2D eigenvalue weighted by Gasteiger charge is -2.01. The molecule has 136 valence electrons. The van der Waals surface area contributed by atoms with Crippen molar-refractivity contribution < 1.29 is 26.3 Å². The van der Waals surface area contributed by atoms with Crippen LogP contribution in [0.5, 0.6) is 0 Å². The van der Waals surface area contributed by atoms with Gasteiger partial charge in [-0.05, 0) is 42.5 Å². The molecule has 0 saturated carbocycles. The number of Topliss-reactive ketones (excluding diaryl/α,β-unsaturated/α-hetero) is 1. The highest BCUT2D eigenvalue weighted by atomic mass is 79.9. The van der Waals surface area contributed by atoms with Crippen LogP contribution in [-0.2, 0) is 13.6 Å².